The number of ketones is 1. The minimum absolute atomic E-state index is 0.0819. The zero-order valence-electron chi connectivity index (χ0n) is 15.4. The van der Waals surface area contributed by atoms with Crippen molar-refractivity contribution in [2.45, 2.75) is 39.7 Å². The van der Waals surface area contributed by atoms with Gasteiger partial charge >= 0.3 is 0 Å². The molecule has 0 aromatic heterocycles. The SMILES string of the molecule is Cc1ccc(O)c(C2Nc3ccccc3NC3=C2C(=O)CC(C)(C)C3)c1. The molecule has 2 aromatic rings. The van der Waals surface area contributed by atoms with E-state index in [1.165, 1.54) is 0 Å². The van der Waals surface area contributed by atoms with Gasteiger partial charge < -0.3 is 15.7 Å². The number of hydrogen-bond acceptors (Lipinski definition) is 4. The third-order valence-electron chi connectivity index (χ3n) is 5.22. The Morgan fingerprint density at radius 2 is 1.81 bits per heavy atom. The number of phenolic OH excluding ortho intramolecular Hbond substituents is 1. The molecule has 0 amide bonds. The van der Waals surface area contributed by atoms with E-state index in [1.807, 2.05) is 43.3 Å². The molecule has 1 heterocycles. The van der Waals surface area contributed by atoms with Crippen LogP contribution in [0.4, 0.5) is 11.4 Å². The van der Waals surface area contributed by atoms with Gasteiger partial charge in [-0.05, 0) is 43.0 Å². The molecule has 0 fully saturated rings. The number of hydrogen-bond donors (Lipinski definition) is 3. The summed E-state index contributed by atoms with van der Waals surface area (Å²) in [7, 11) is 0. The molecular weight excluding hydrogens is 324 g/mol. The van der Waals surface area contributed by atoms with E-state index < -0.39 is 0 Å². The lowest BCUT2D eigenvalue weighted by atomic mass is 9.73. The number of benzene rings is 2. The Morgan fingerprint density at radius 3 is 2.58 bits per heavy atom. The summed E-state index contributed by atoms with van der Waals surface area (Å²) in [4.78, 5) is 13.1. The van der Waals surface area contributed by atoms with Crippen LogP contribution in [0.25, 0.3) is 0 Å². The van der Waals surface area contributed by atoms with Gasteiger partial charge in [-0.15, -0.1) is 0 Å². The fraction of sp³-hybridized carbons (Fsp3) is 0.318. The number of carbonyl (C=O) groups excluding carboxylic acids is 1. The van der Waals surface area contributed by atoms with Crippen molar-refractivity contribution >= 4 is 17.2 Å². The van der Waals surface area contributed by atoms with Crippen LogP contribution >= 0.6 is 0 Å². The zero-order valence-corrected chi connectivity index (χ0v) is 15.4. The van der Waals surface area contributed by atoms with Gasteiger partial charge in [0, 0.05) is 23.3 Å². The van der Waals surface area contributed by atoms with Gasteiger partial charge in [0.25, 0.3) is 0 Å². The van der Waals surface area contributed by atoms with E-state index in [0.717, 1.165) is 40.2 Å². The molecule has 3 N–H and O–H groups in total. The summed E-state index contributed by atoms with van der Waals surface area (Å²) in [5, 5.41) is 17.5. The summed E-state index contributed by atoms with van der Waals surface area (Å²) < 4.78 is 0. The Kier molecular flexibility index (Phi) is 3.79. The first-order valence-corrected chi connectivity index (χ1v) is 9.02. The average Bonchev–Trinajstić information content (AvgIpc) is 2.72. The molecule has 1 aliphatic carbocycles. The number of nitrogens with one attached hydrogen (secondary N) is 2. The number of aromatic hydroxyl groups is 1. The van der Waals surface area contributed by atoms with Crippen LogP contribution in [0.3, 0.4) is 0 Å². The number of rotatable bonds is 1. The van der Waals surface area contributed by atoms with Gasteiger partial charge in [0.2, 0.25) is 0 Å². The summed E-state index contributed by atoms with van der Waals surface area (Å²) in [6.07, 6.45) is 1.31. The smallest absolute Gasteiger partial charge is 0.163 e. The molecule has 0 spiro atoms. The molecule has 0 saturated heterocycles. The molecule has 2 aromatic carbocycles. The molecule has 1 aliphatic heterocycles. The number of para-hydroxylation sites is 2. The number of fused-ring (bicyclic) bond motifs is 1. The maximum atomic E-state index is 13.1. The van der Waals surface area contributed by atoms with Crippen LogP contribution < -0.4 is 10.6 Å². The number of carbonyl (C=O) groups is 1. The van der Waals surface area contributed by atoms with E-state index in [1.54, 1.807) is 6.07 Å². The van der Waals surface area contributed by atoms with E-state index >= 15 is 0 Å². The summed E-state index contributed by atoms with van der Waals surface area (Å²) in [6.45, 7) is 6.24. The van der Waals surface area contributed by atoms with E-state index in [9.17, 15) is 9.90 Å². The number of allylic oxidation sites excluding steroid dienone is 1. The minimum atomic E-state index is -0.371. The van der Waals surface area contributed by atoms with E-state index in [0.29, 0.717) is 6.42 Å². The standard InChI is InChI=1S/C22H24N2O2/c1-13-8-9-18(25)14(10-13)21-20-17(11-22(2,3)12-19(20)26)23-15-6-4-5-7-16(15)24-21/h4-10,21,23-25H,11-12H2,1-3H3. The van der Waals surface area contributed by atoms with Crippen molar-refractivity contribution in [3.63, 3.8) is 0 Å². The second kappa shape index (κ2) is 5.90. The van der Waals surface area contributed by atoms with Gasteiger partial charge in [-0.1, -0.05) is 37.6 Å². The van der Waals surface area contributed by atoms with Crippen LogP contribution in [0, 0.1) is 12.3 Å². The molecule has 4 nitrogen and oxygen atoms in total. The maximum Gasteiger partial charge on any atom is 0.163 e. The van der Waals surface area contributed by atoms with Crippen LogP contribution in [0.2, 0.25) is 0 Å². The topological polar surface area (TPSA) is 61.4 Å². The normalized spacial score (nSPS) is 21.2. The van der Waals surface area contributed by atoms with E-state index in [4.69, 9.17) is 0 Å². The largest absolute Gasteiger partial charge is 0.508 e. The fourth-order valence-corrected chi connectivity index (χ4v) is 4.03. The maximum absolute atomic E-state index is 13.1. The molecule has 0 radical (unpaired) electrons. The van der Waals surface area contributed by atoms with Crippen molar-refractivity contribution in [3.05, 3.63) is 64.9 Å². The Bertz CT molecular complexity index is 927. The predicted molar refractivity (Wildman–Crippen MR) is 104 cm³/mol. The fourth-order valence-electron chi connectivity index (χ4n) is 4.03. The van der Waals surface area contributed by atoms with Crippen molar-refractivity contribution in [2.24, 2.45) is 5.41 Å². The molecular formula is C22H24N2O2. The Hall–Kier alpha value is -2.75. The molecule has 1 unspecified atom stereocenters. The lowest BCUT2D eigenvalue weighted by Crippen LogP contribution is -2.31. The lowest BCUT2D eigenvalue weighted by molar-refractivity contribution is -0.118. The highest BCUT2D eigenvalue weighted by Crippen LogP contribution is 2.46. The molecule has 2 aliphatic rings. The second-order valence-corrected chi connectivity index (χ2v) is 8.14. The Morgan fingerprint density at radius 1 is 1.08 bits per heavy atom. The number of phenols is 1. The minimum Gasteiger partial charge on any atom is -0.508 e. The first-order valence-electron chi connectivity index (χ1n) is 9.02. The van der Waals surface area contributed by atoms with Crippen LogP contribution in [0.15, 0.2) is 53.7 Å². The molecule has 0 bridgehead atoms. The van der Waals surface area contributed by atoms with Crippen LogP contribution in [-0.4, -0.2) is 10.9 Å². The molecule has 1 atom stereocenters. The van der Waals surface area contributed by atoms with Gasteiger partial charge in [-0.3, -0.25) is 4.79 Å². The molecule has 4 heteroatoms. The Balaban J connectivity index is 1.93. The average molecular weight is 348 g/mol. The zero-order chi connectivity index (χ0) is 18.5. The van der Waals surface area contributed by atoms with Gasteiger partial charge in [0.1, 0.15) is 5.75 Å². The number of aryl methyl sites for hydroxylation is 1. The van der Waals surface area contributed by atoms with Crippen LogP contribution in [-0.2, 0) is 4.79 Å². The Labute approximate surface area is 153 Å². The summed E-state index contributed by atoms with van der Waals surface area (Å²) in [5.74, 6) is 0.340. The highest BCUT2D eigenvalue weighted by Gasteiger charge is 2.39. The quantitative estimate of drug-likeness (QED) is 0.684. The highest BCUT2D eigenvalue weighted by molar-refractivity contribution is 6.01. The monoisotopic (exact) mass is 348 g/mol. The van der Waals surface area contributed by atoms with Crippen LogP contribution in [0.1, 0.15) is 43.9 Å². The molecule has 134 valence electrons. The van der Waals surface area contributed by atoms with Gasteiger partial charge in [-0.25, -0.2) is 0 Å². The first kappa shape index (κ1) is 16.7. The highest BCUT2D eigenvalue weighted by atomic mass is 16.3. The first-order chi connectivity index (χ1) is 12.3. The van der Waals surface area contributed by atoms with Crippen molar-refractivity contribution in [1.82, 2.24) is 0 Å². The second-order valence-electron chi connectivity index (χ2n) is 8.14. The van der Waals surface area contributed by atoms with Crippen molar-refractivity contribution in [1.29, 1.82) is 0 Å². The summed E-state index contributed by atoms with van der Waals surface area (Å²) >= 11 is 0. The van der Waals surface area contributed by atoms with Crippen molar-refractivity contribution in [3.8, 4) is 5.75 Å². The number of anilines is 2. The van der Waals surface area contributed by atoms with Gasteiger partial charge in [0.15, 0.2) is 5.78 Å². The van der Waals surface area contributed by atoms with E-state index in [2.05, 4.69) is 24.5 Å². The molecule has 4 rings (SSSR count). The molecule has 26 heavy (non-hydrogen) atoms. The van der Waals surface area contributed by atoms with E-state index in [-0.39, 0.29) is 23.0 Å². The van der Waals surface area contributed by atoms with Crippen molar-refractivity contribution in [2.75, 3.05) is 10.6 Å². The summed E-state index contributed by atoms with van der Waals surface area (Å²) in [6, 6.07) is 13.1. The summed E-state index contributed by atoms with van der Waals surface area (Å²) in [5.41, 5.74) is 5.29. The lowest BCUT2D eigenvalue weighted by Gasteiger charge is -2.34. The third kappa shape index (κ3) is 2.85. The molecule has 0 saturated carbocycles. The van der Waals surface area contributed by atoms with Crippen molar-refractivity contribution < 1.29 is 9.90 Å². The van der Waals surface area contributed by atoms with Gasteiger partial charge in [-0.2, -0.15) is 0 Å². The predicted octanol–water partition coefficient (Wildman–Crippen LogP) is 4.92. The third-order valence-corrected chi connectivity index (χ3v) is 5.22. The number of Topliss-reactive ketones (excluding diaryl/α,β-unsaturated/α-hetero) is 1. The van der Waals surface area contributed by atoms with Gasteiger partial charge in [0.05, 0.1) is 17.4 Å². The van der Waals surface area contributed by atoms with Crippen LogP contribution in [0.5, 0.6) is 5.75 Å².